The van der Waals surface area contributed by atoms with Gasteiger partial charge in [0.1, 0.15) is 22.7 Å². The molecule has 1 aromatic carbocycles. The molecule has 8 heteroatoms. The first kappa shape index (κ1) is 20.9. The number of rotatable bonds is 6. The molecular formula is C26H28N6O2. The van der Waals surface area contributed by atoms with E-state index in [-0.39, 0.29) is 11.9 Å². The van der Waals surface area contributed by atoms with Crippen LogP contribution in [0.25, 0.3) is 33.5 Å². The molecule has 0 unspecified atom stereocenters. The van der Waals surface area contributed by atoms with Gasteiger partial charge in [0.15, 0.2) is 0 Å². The quantitative estimate of drug-likeness (QED) is 0.470. The fourth-order valence-electron chi connectivity index (χ4n) is 5.18. The van der Waals surface area contributed by atoms with Gasteiger partial charge in [0.25, 0.3) is 0 Å². The van der Waals surface area contributed by atoms with Gasteiger partial charge >= 0.3 is 0 Å². The molecule has 1 aliphatic heterocycles. The largest absolute Gasteiger partial charge is 0.494 e. The van der Waals surface area contributed by atoms with Gasteiger partial charge in [-0.05, 0) is 36.8 Å². The summed E-state index contributed by atoms with van der Waals surface area (Å²) in [5.41, 5.74) is 8.09. The monoisotopic (exact) mass is 456 g/mol. The minimum Gasteiger partial charge on any atom is -0.494 e. The number of benzene rings is 1. The molecule has 1 amide bonds. The molecule has 1 N–H and O–H groups in total. The van der Waals surface area contributed by atoms with Crippen LogP contribution in [0.2, 0.25) is 0 Å². The van der Waals surface area contributed by atoms with E-state index in [0.29, 0.717) is 19.5 Å². The zero-order valence-electron chi connectivity index (χ0n) is 19.5. The van der Waals surface area contributed by atoms with Crippen molar-refractivity contribution in [3.05, 3.63) is 47.8 Å². The molecule has 1 saturated heterocycles. The highest BCUT2D eigenvalue weighted by molar-refractivity contribution is 5.92. The summed E-state index contributed by atoms with van der Waals surface area (Å²) in [6.07, 6.45) is 8.69. The summed E-state index contributed by atoms with van der Waals surface area (Å²) in [7, 11) is 1.68. The average molecular weight is 457 g/mol. The minimum atomic E-state index is 0.204. The van der Waals surface area contributed by atoms with Crippen molar-refractivity contribution >= 4 is 16.9 Å². The molecule has 1 aliphatic carbocycles. The van der Waals surface area contributed by atoms with Gasteiger partial charge in [0, 0.05) is 42.9 Å². The van der Waals surface area contributed by atoms with Crippen molar-refractivity contribution in [2.75, 3.05) is 20.2 Å². The van der Waals surface area contributed by atoms with Crippen molar-refractivity contribution < 1.29 is 9.53 Å². The van der Waals surface area contributed by atoms with Crippen molar-refractivity contribution in [1.29, 1.82) is 0 Å². The first-order chi connectivity index (χ1) is 16.7. The summed E-state index contributed by atoms with van der Waals surface area (Å²) in [6.45, 7) is 3.45. The normalized spacial score (nSPS) is 15.5. The van der Waals surface area contributed by atoms with E-state index in [4.69, 9.17) is 9.72 Å². The Hall–Kier alpha value is -3.68. The Morgan fingerprint density at radius 3 is 2.94 bits per heavy atom. The highest BCUT2D eigenvalue weighted by atomic mass is 16.5. The van der Waals surface area contributed by atoms with Crippen LogP contribution < -0.4 is 4.74 Å². The lowest BCUT2D eigenvalue weighted by molar-refractivity contribution is -0.137. The van der Waals surface area contributed by atoms with E-state index in [1.165, 1.54) is 17.5 Å². The maximum absolute atomic E-state index is 12.1. The van der Waals surface area contributed by atoms with Crippen molar-refractivity contribution in [2.24, 2.45) is 0 Å². The first-order valence-corrected chi connectivity index (χ1v) is 12.0. The number of hydrogen-bond donors (Lipinski definition) is 1. The van der Waals surface area contributed by atoms with Crippen LogP contribution >= 0.6 is 0 Å². The van der Waals surface area contributed by atoms with E-state index in [2.05, 4.69) is 33.5 Å². The number of methoxy groups -OCH3 is 1. The lowest BCUT2D eigenvalue weighted by atomic mass is 9.99. The van der Waals surface area contributed by atoms with Gasteiger partial charge in [0.05, 0.1) is 24.9 Å². The predicted octanol–water partition coefficient (Wildman–Crippen LogP) is 4.17. The van der Waals surface area contributed by atoms with Crippen LogP contribution in [-0.4, -0.2) is 56.0 Å². The molecule has 0 spiro atoms. The summed E-state index contributed by atoms with van der Waals surface area (Å²) >= 11 is 0. The SMILES string of the molecule is CCCC(=O)N1CC(n2cc(-c3n[nH]c4cc(OC)c(-c5cccc6c5CCC6)nc34)cn2)C1. The van der Waals surface area contributed by atoms with Gasteiger partial charge in [-0.3, -0.25) is 14.6 Å². The van der Waals surface area contributed by atoms with Crippen LogP contribution in [-0.2, 0) is 17.6 Å². The second-order valence-electron chi connectivity index (χ2n) is 9.22. The Kier molecular flexibility index (Phi) is 5.08. The number of carbonyl (C=O) groups excluding carboxylic acids is 1. The number of aromatic nitrogens is 5. The van der Waals surface area contributed by atoms with Crippen LogP contribution in [0.5, 0.6) is 5.75 Å². The molecule has 4 heterocycles. The summed E-state index contributed by atoms with van der Waals surface area (Å²) in [4.78, 5) is 19.0. The van der Waals surface area contributed by atoms with Crippen molar-refractivity contribution in [3.63, 3.8) is 0 Å². The topological polar surface area (TPSA) is 88.9 Å². The van der Waals surface area contributed by atoms with E-state index >= 15 is 0 Å². The van der Waals surface area contributed by atoms with Gasteiger partial charge in [0.2, 0.25) is 5.91 Å². The molecule has 0 saturated carbocycles. The maximum Gasteiger partial charge on any atom is 0.222 e. The van der Waals surface area contributed by atoms with Crippen molar-refractivity contribution in [2.45, 2.75) is 45.1 Å². The summed E-state index contributed by atoms with van der Waals surface area (Å²) in [5, 5.41) is 12.3. The summed E-state index contributed by atoms with van der Waals surface area (Å²) < 4.78 is 7.67. The van der Waals surface area contributed by atoms with Crippen molar-refractivity contribution in [1.82, 2.24) is 29.9 Å². The maximum atomic E-state index is 12.1. The highest BCUT2D eigenvalue weighted by Crippen LogP contribution is 2.39. The van der Waals surface area contributed by atoms with Crippen LogP contribution in [0.3, 0.4) is 0 Å². The standard InChI is InChI=1S/C26H28N6O2/c1-3-6-23(33)31-14-18(15-31)32-13-17(12-27-32)24-26-21(29-30-24)11-22(34-2)25(28-26)20-10-5-8-16-7-4-9-19(16)20/h5,8,10-13,18H,3-4,6-7,9,14-15H2,1-2H3,(H,29,30). The number of nitrogens with zero attached hydrogens (tertiary/aromatic N) is 5. The van der Waals surface area contributed by atoms with Gasteiger partial charge in [-0.25, -0.2) is 4.98 Å². The van der Waals surface area contributed by atoms with E-state index in [1.807, 2.05) is 35.0 Å². The molecule has 8 nitrogen and oxygen atoms in total. The van der Waals surface area contributed by atoms with Crippen LogP contribution in [0.1, 0.15) is 43.4 Å². The fourth-order valence-corrected chi connectivity index (χ4v) is 5.18. The second-order valence-corrected chi connectivity index (χ2v) is 9.22. The van der Waals surface area contributed by atoms with Crippen LogP contribution in [0.4, 0.5) is 0 Å². The molecular weight excluding hydrogens is 428 g/mol. The van der Waals surface area contributed by atoms with E-state index < -0.39 is 0 Å². The fraction of sp³-hybridized carbons (Fsp3) is 0.385. The Morgan fingerprint density at radius 1 is 1.24 bits per heavy atom. The number of carbonyl (C=O) groups is 1. The first-order valence-electron chi connectivity index (χ1n) is 12.0. The number of ether oxygens (including phenoxy) is 1. The smallest absolute Gasteiger partial charge is 0.222 e. The summed E-state index contributed by atoms with van der Waals surface area (Å²) in [6, 6.07) is 8.65. The minimum absolute atomic E-state index is 0.204. The molecule has 0 atom stereocenters. The Morgan fingerprint density at radius 2 is 2.12 bits per heavy atom. The van der Waals surface area contributed by atoms with Gasteiger partial charge in [-0.2, -0.15) is 10.2 Å². The molecule has 0 radical (unpaired) electrons. The second kappa shape index (κ2) is 8.27. The van der Waals surface area contributed by atoms with Gasteiger partial charge in [-0.1, -0.05) is 25.1 Å². The van der Waals surface area contributed by atoms with Crippen molar-refractivity contribution in [3.8, 4) is 28.3 Å². The highest BCUT2D eigenvalue weighted by Gasteiger charge is 2.32. The molecule has 3 aromatic heterocycles. The Bertz CT molecular complexity index is 1380. The number of amides is 1. The Labute approximate surface area is 197 Å². The van der Waals surface area contributed by atoms with Crippen LogP contribution in [0.15, 0.2) is 36.7 Å². The van der Waals surface area contributed by atoms with Gasteiger partial charge < -0.3 is 9.64 Å². The van der Waals surface area contributed by atoms with E-state index in [1.54, 1.807) is 7.11 Å². The molecule has 2 aliphatic rings. The molecule has 0 bridgehead atoms. The van der Waals surface area contributed by atoms with Crippen LogP contribution in [0, 0.1) is 0 Å². The number of aryl methyl sites for hydroxylation is 1. The zero-order chi connectivity index (χ0) is 23.2. The molecule has 4 aromatic rings. The predicted molar refractivity (Wildman–Crippen MR) is 130 cm³/mol. The van der Waals surface area contributed by atoms with E-state index in [0.717, 1.165) is 58.6 Å². The number of hydrogen-bond acceptors (Lipinski definition) is 5. The number of pyridine rings is 1. The average Bonchev–Trinajstić information content (AvgIpc) is 3.56. The molecule has 34 heavy (non-hydrogen) atoms. The molecule has 174 valence electrons. The van der Waals surface area contributed by atoms with Gasteiger partial charge in [-0.15, -0.1) is 0 Å². The zero-order valence-corrected chi connectivity index (χ0v) is 19.5. The lowest BCUT2D eigenvalue weighted by Gasteiger charge is -2.39. The number of likely N-dealkylation sites (tertiary alicyclic amines) is 1. The third-order valence-corrected chi connectivity index (χ3v) is 7.05. The molecule has 1 fully saturated rings. The third-order valence-electron chi connectivity index (χ3n) is 7.05. The Balaban J connectivity index is 1.34. The number of nitrogens with one attached hydrogen (secondary N) is 1. The number of H-pyrrole nitrogens is 1. The number of fused-ring (bicyclic) bond motifs is 2. The van der Waals surface area contributed by atoms with E-state index in [9.17, 15) is 4.79 Å². The number of aromatic amines is 1. The third kappa shape index (κ3) is 3.36. The lowest BCUT2D eigenvalue weighted by Crippen LogP contribution is -2.50. The molecule has 6 rings (SSSR count). The summed E-state index contributed by atoms with van der Waals surface area (Å²) in [5.74, 6) is 0.965.